The van der Waals surface area contributed by atoms with E-state index in [2.05, 4.69) is 15.3 Å². The number of aromatic nitrogens is 2. The summed E-state index contributed by atoms with van der Waals surface area (Å²) in [7, 11) is 0. The van der Waals surface area contributed by atoms with Crippen LogP contribution < -0.4 is 10.9 Å². The molecule has 126 valence electrons. The smallest absolute Gasteiger partial charge is 0.408 e. The first kappa shape index (κ1) is 16.2. The van der Waals surface area contributed by atoms with Crippen LogP contribution in [0.3, 0.4) is 0 Å². The summed E-state index contributed by atoms with van der Waals surface area (Å²) < 4.78 is 5.33. The lowest BCUT2D eigenvalue weighted by Crippen LogP contribution is -2.39. The van der Waals surface area contributed by atoms with Gasteiger partial charge in [-0.2, -0.15) is 0 Å². The van der Waals surface area contributed by atoms with E-state index in [9.17, 15) is 9.59 Å². The lowest BCUT2D eigenvalue weighted by molar-refractivity contribution is 0.0494. The predicted molar refractivity (Wildman–Crippen MR) is 90.6 cm³/mol. The van der Waals surface area contributed by atoms with Crippen molar-refractivity contribution in [1.82, 2.24) is 15.3 Å². The summed E-state index contributed by atoms with van der Waals surface area (Å²) in [6, 6.07) is 7.08. The molecule has 1 aliphatic carbocycles. The van der Waals surface area contributed by atoms with E-state index in [1.807, 2.05) is 32.9 Å². The van der Waals surface area contributed by atoms with Crippen LogP contribution in [0.5, 0.6) is 0 Å². The Bertz CT molecular complexity index is 779. The molecule has 0 atom stereocenters. The molecule has 2 aromatic heterocycles. The maximum absolute atomic E-state index is 12.0. The van der Waals surface area contributed by atoms with Crippen molar-refractivity contribution in [1.29, 1.82) is 0 Å². The Morgan fingerprint density at radius 2 is 1.92 bits per heavy atom. The van der Waals surface area contributed by atoms with Gasteiger partial charge < -0.3 is 15.0 Å². The number of rotatable bonds is 3. The molecule has 2 N–H and O–H groups in total. The number of pyridine rings is 2. The van der Waals surface area contributed by atoms with Crippen molar-refractivity contribution >= 4 is 6.09 Å². The molecule has 2 heterocycles. The van der Waals surface area contributed by atoms with Gasteiger partial charge in [0.2, 0.25) is 5.56 Å². The van der Waals surface area contributed by atoms with Gasteiger partial charge in [0, 0.05) is 24.0 Å². The summed E-state index contributed by atoms with van der Waals surface area (Å²) in [5.74, 6) is 0. The van der Waals surface area contributed by atoms with E-state index in [0.29, 0.717) is 0 Å². The molecule has 1 fully saturated rings. The minimum absolute atomic E-state index is 0.137. The van der Waals surface area contributed by atoms with Crippen molar-refractivity contribution in [3.63, 3.8) is 0 Å². The largest absolute Gasteiger partial charge is 0.444 e. The first-order valence-corrected chi connectivity index (χ1v) is 7.94. The fourth-order valence-corrected chi connectivity index (χ4v) is 2.51. The Labute approximate surface area is 140 Å². The van der Waals surface area contributed by atoms with Crippen LogP contribution in [0, 0.1) is 0 Å². The average molecular weight is 327 g/mol. The molecule has 0 radical (unpaired) electrons. The molecule has 1 saturated carbocycles. The number of alkyl carbamates (subject to hydrolysis) is 1. The maximum Gasteiger partial charge on any atom is 0.408 e. The molecular formula is C18H21N3O3. The van der Waals surface area contributed by atoms with Crippen LogP contribution >= 0.6 is 0 Å². The van der Waals surface area contributed by atoms with Crippen LogP contribution in [-0.2, 0) is 10.3 Å². The molecule has 6 heteroatoms. The van der Waals surface area contributed by atoms with Crippen molar-refractivity contribution < 1.29 is 9.53 Å². The molecule has 24 heavy (non-hydrogen) atoms. The van der Waals surface area contributed by atoms with Gasteiger partial charge in [-0.3, -0.25) is 9.78 Å². The number of hydrogen-bond acceptors (Lipinski definition) is 4. The Morgan fingerprint density at radius 3 is 2.42 bits per heavy atom. The lowest BCUT2D eigenvalue weighted by atomic mass is 10.1. The number of amides is 1. The van der Waals surface area contributed by atoms with Crippen molar-refractivity contribution in [3.8, 4) is 11.1 Å². The summed E-state index contributed by atoms with van der Waals surface area (Å²) in [5.41, 5.74) is 1.53. The number of carbonyl (C=O) groups excluding carboxylic acids is 1. The first-order chi connectivity index (χ1) is 11.3. The monoisotopic (exact) mass is 327 g/mol. The van der Waals surface area contributed by atoms with Crippen LogP contribution in [0.4, 0.5) is 4.79 Å². The summed E-state index contributed by atoms with van der Waals surface area (Å²) in [4.78, 5) is 30.3. The van der Waals surface area contributed by atoms with Crippen LogP contribution in [0.15, 0.2) is 41.5 Å². The molecule has 0 aliphatic heterocycles. The van der Waals surface area contributed by atoms with E-state index in [1.165, 1.54) is 6.07 Å². The lowest BCUT2D eigenvalue weighted by Gasteiger charge is -2.23. The summed E-state index contributed by atoms with van der Waals surface area (Å²) >= 11 is 0. The summed E-state index contributed by atoms with van der Waals surface area (Å²) in [6.07, 6.45) is 4.67. The van der Waals surface area contributed by atoms with Gasteiger partial charge in [0.25, 0.3) is 0 Å². The van der Waals surface area contributed by atoms with Crippen LogP contribution in [0.1, 0.15) is 39.3 Å². The highest BCUT2D eigenvalue weighted by atomic mass is 16.6. The third-order valence-electron chi connectivity index (χ3n) is 3.86. The van der Waals surface area contributed by atoms with Gasteiger partial charge in [0.15, 0.2) is 0 Å². The second kappa shape index (κ2) is 5.78. The molecule has 2 aromatic rings. The van der Waals surface area contributed by atoms with Crippen molar-refractivity contribution in [2.24, 2.45) is 0 Å². The van der Waals surface area contributed by atoms with Crippen LogP contribution in [0.2, 0.25) is 0 Å². The maximum atomic E-state index is 12.0. The van der Waals surface area contributed by atoms with Gasteiger partial charge >= 0.3 is 6.09 Å². The van der Waals surface area contributed by atoms with E-state index in [0.717, 1.165) is 29.7 Å². The van der Waals surface area contributed by atoms with E-state index in [4.69, 9.17) is 4.74 Å². The van der Waals surface area contributed by atoms with Gasteiger partial charge in [-0.25, -0.2) is 4.79 Å². The molecular weight excluding hydrogens is 306 g/mol. The summed E-state index contributed by atoms with van der Waals surface area (Å²) in [6.45, 7) is 5.51. The Morgan fingerprint density at radius 1 is 1.21 bits per heavy atom. The third kappa shape index (κ3) is 3.64. The molecule has 3 rings (SSSR count). The van der Waals surface area contributed by atoms with Gasteiger partial charge in [-0.1, -0.05) is 6.07 Å². The minimum atomic E-state index is -0.526. The number of nitrogens with zero attached hydrogens (tertiary/aromatic N) is 1. The third-order valence-corrected chi connectivity index (χ3v) is 3.86. The van der Waals surface area contributed by atoms with Gasteiger partial charge in [-0.05, 0) is 51.3 Å². The zero-order valence-electron chi connectivity index (χ0n) is 14.1. The Kier molecular flexibility index (Phi) is 3.91. The fraction of sp³-hybridized carbons (Fsp3) is 0.389. The van der Waals surface area contributed by atoms with Crippen molar-refractivity contribution in [2.75, 3.05) is 0 Å². The number of aromatic amines is 1. The predicted octanol–water partition coefficient (Wildman–Crippen LogP) is 2.95. The average Bonchev–Trinajstić information content (AvgIpc) is 3.27. The molecule has 1 aliphatic rings. The number of H-pyrrole nitrogens is 1. The quantitative estimate of drug-likeness (QED) is 0.908. The SMILES string of the molecule is CC(C)(C)OC(=O)NC1(c2ccc(-c3ccc(=O)[nH]c3)cn2)CC1. The molecule has 0 bridgehead atoms. The second-order valence-electron chi connectivity index (χ2n) is 7.08. The van der Waals surface area contributed by atoms with E-state index in [1.54, 1.807) is 18.5 Å². The molecule has 0 saturated heterocycles. The molecule has 1 amide bonds. The normalized spacial score (nSPS) is 15.6. The van der Waals surface area contributed by atoms with E-state index in [-0.39, 0.29) is 5.56 Å². The first-order valence-electron chi connectivity index (χ1n) is 7.94. The number of nitrogens with one attached hydrogen (secondary N) is 2. The zero-order valence-corrected chi connectivity index (χ0v) is 14.1. The minimum Gasteiger partial charge on any atom is -0.444 e. The van der Waals surface area contributed by atoms with Crippen LogP contribution in [0.25, 0.3) is 11.1 Å². The fourth-order valence-electron chi connectivity index (χ4n) is 2.51. The highest BCUT2D eigenvalue weighted by Crippen LogP contribution is 2.45. The molecule has 0 unspecified atom stereocenters. The molecule has 0 aromatic carbocycles. The van der Waals surface area contributed by atoms with Crippen molar-refractivity contribution in [2.45, 2.75) is 44.8 Å². The number of carbonyl (C=O) groups is 1. The van der Waals surface area contributed by atoms with Gasteiger partial charge in [0.05, 0.1) is 11.2 Å². The molecule has 0 spiro atoms. The van der Waals surface area contributed by atoms with E-state index >= 15 is 0 Å². The zero-order chi connectivity index (χ0) is 17.4. The standard InChI is InChI=1S/C18H21N3O3/c1-17(2,3)24-16(23)21-18(8-9-18)14-6-4-12(10-19-14)13-5-7-15(22)20-11-13/h4-7,10-11H,8-9H2,1-3H3,(H,20,22)(H,21,23). The highest BCUT2D eigenvalue weighted by Gasteiger charge is 2.47. The number of ether oxygens (including phenoxy) is 1. The summed E-state index contributed by atoms with van der Waals surface area (Å²) in [5, 5.41) is 2.94. The second-order valence-corrected chi connectivity index (χ2v) is 7.08. The Balaban J connectivity index is 1.74. The highest BCUT2D eigenvalue weighted by molar-refractivity contribution is 5.70. The van der Waals surface area contributed by atoms with Gasteiger partial charge in [0.1, 0.15) is 5.60 Å². The Hall–Kier alpha value is -2.63. The van der Waals surface area contributed by atoms with Gasteiger partial charge in [-0.15, -0.1) is 0 Å². The van der Waals surface area contributed by atoms with Crippen LogP contribution in [-0.4, -0.2) is 21.7 Å². The topological polar surface area (TPSA) is 84.1 Å². The van der Waals surface area contributed by atoms with Crippen molar-refractivity contribution in [3.05, 3.63) is 52.7 Å². The molecule has 6 nitrogen and oxygen atoms in total. The van der Waals surface area contributed by atoms with E-state index < -0.39 is 17.2 Å². The number of hydrogen-bond donors (Lipinski definition) is 2.